The van der Waals surface area contributed by atoms with E-state index in [0.29, 0.717) is 6.04 Å². The molecular formula is C11H16BrNS. The van der Waals surface area contributed by atoms with Gasteiger partial charge in [0.2, 0.25) is 0 Å². The Labute approximate surface area is 98.4 Å². The van der Waals surface area contributed by atoms with Crippen LogP contribution in [-0.4, -0.2) is 6.04 Å². The van der Waals surface area contributed by atoms with E-state index in [9.17, 15) is 0 Å². The van der Waals surface area contributed by atoms with E-state index < -0.39 is 0 Å². The highest BCUT2D eigenvalue weighted by atomic mass is 79.9. The minimum Gasteiger partial charge on any atom is -0.309 e. The van der Waals surface area contributed by atoms with Gasteiger partial charge in [-0.15, -0.1) is 17.9 Å². The standard InChI is InChI=1S/C11H16BrNS/c1-3-4-5-9(2)13-7-11-6-10(12)8-14-11/h3,6,8-9,13H,1,4-5,7H2,2H3. The number of rotatable bonds is 6. The molecule has 0 fully saturated rings. The molecule has 0 amide bonds. The van der Waals surface area contributed by atoms with Gasteiger partial charge in [-0.1, -0.05) is 6.08 Å². The van der Waals surface area contributed by atoms with Crippen molar-refractivity contribution in [2.24, 2.45) is 0 Å². The summed E-state index contributed by atoms with van der Waals surface area (Å²) in [6.45, 7) is 6.90. The van der Waals surface area contributed by atoms with E-state index in [1.54, 1.807) is 11.3 Å². The summed E-state index contributed by atoms with van der Waals surface area (Å²) in [4.78, 5) is 1.38. The number of hydrogen-bond acceptors (Lipinski definition) is 2. The van der Waals surface area contributed by atoms with Crippen molar-refractivity contribution in [3.8, 4) is 0 Å². The summed E-state index contributed by atoms with van der Waals surface area (Å²) >= 11 is 5.24. The molecule has 0 aromatic carbocycles. The molecule has 1 N–H and O–H groups in total. The average molecular weight is 274 g/mol. The molecule has 1 nitrogen and oxygen atoms in total. The van der Waals surface area contributed by atoms with Crippen molar-refractivity contribution < 1.29 is 0 Å². The quantitative estimate of drug-likeness (QED) is 0.774. The summed E-state index contributed by atoms with van der Waals surface area (Å²) in [5.41, 5.74) is 0. The van der Waals surface area contributed by atoms with Crippen molar-refractivity contribution in [3.05, 3.63) is 33.5 Å². The van der Waals surface area contributed by atoms with Gasteiger partial charge in [0.1, 0.15) is 0 Å². The van der Waals surface area contributed by atoms with Gasteiger partial charge >= 0.3 is 0 Å². The van der Waals surface area contributed by atoms with E-state index in [0.717, 1.165) is 19.4 Å². The van der Waals surface area contributed by atoms with Crippen molar-refractivity contribution in [1.82, 2.24) is 5.32 Å². The van der Waals surface area contributed by atoms with Gasteiger partial charge in [-0.2, -0.15) is 0 Å². The van der Waals surface area contributed by atoms with Crippen LogP contribution < -0.4 is 5.32 Å². The van der Waals surface area contributed by atoms with Crippen LogP contribution in [0.1, 0.15) is 24.6 Å². The van der Waals surface area contributed by atoms with Crippen LogP contribution in [0.25, 0.3) is 0 Å². The van der Waals surface area contributed by atoms with E-state index in [1.165, 1.54) is 9.35 Å². The lowest BCUT2D eigenvalue weighted by Crippen LogP contribution is -2.24. The zero-order valence-electron chi connectivity index (χ0n) is 8.42. The maximum atomic E-state index is 3.72. The van der Waals surface area contributed by atoms with Crippen LogP contribution in [0.3, 0.4) is 0 Å². The van der Waals surface area contributed by atoms with Crippen LogP contribution in [0, 0.1) is 0 Å². The molecule has 0 aliphatic rings. The number of halogens is 1. The number of allylic oxidation sites excluding steroid dienone is 1. The van der Waals surface area contributed by atoms with Crippen molar-refractivity contribution in [1.29, 1.82) is 0 Å². The zero-order valence-corrected chi connectivity index (χ0v) is 10.8. The number of hydrogen-bond donors (Lipinski definition) is 1. The van der Waals surface area contributed by atoms with Gasteiger partial charge in [0.25, 0.3) is 0 Å². The maximum absolute atomic E-state index is 3.72. The lowest BCUT2D eigenvalue weighted by molar-refractivity contribution is 0.521. The Balaban J connectivity index is 2.23. The highest BCUT2D eigenvalue weighted by Crippen LogP contribution is 2.19. The SMILES string of the molecule is C=CCCC(C)NCc1cc(Br)cs1. The molecule has 1 rings (SSSR count). The molecule has 0 aliphatic carbocycles. The smallest absolute Gasteiger partial charge is 0.0302 e. The van der Waals surface area contributed by atoms with Crippen LogP contribution in [0.5, 0.6) is 0 Å². The van der Waals surface area contributed by atoms with Crippen LogP contribution in [0.4, 0.5) is 0 Å². The molecule has 0 spiro atoms. The highest BCUT2D eigenvalue weighted by Gasteiger charge is 2.01. The van der Waals surface area contributed by atoms with E-state index in [1.807, 2.05) is 6.08 Å². The number of nitrogens with one attached hydrogen (secondary N) is 1. The van der Waals surface area contributed by atoms with Crippen LogP contribution in [0.2, 0.25) is 0 Å². The second-order valence-corrected chi connectivity index (χ2v) is 5.29. The van der Waals surface area contributed by atoms with E-state index in [4.69, 9.17) is 0 Å². The van der Waals surface area contributed by atoms with Gasteiger partial charge in [0.05, 0.1) is 0 Å². The molecule has 1 aromatic rings. The molecule has 1 atom stereocenters. The molecule has 0 aliphatic heterocycles. The largest absolute Gasteiger partial charge is 0.309 e. The molecule has 1 unspecified atom stereocenters. The minimum absolute atomic E-state index is 0.564. The topological polar surface area (TPSA) is 12.0 Å². The monoisotopic (exact) mass is 273 g/mol. The van der Waals surface area contributed by atoms with Gasteiger partial charge in [-0.25, -0.2) is 0 Å². The molecule has 3 heteroatoms. The van der Waals surface area contributed by atoms with Gasteiger partial charge in [0.15, 0.2) is 0 Å². The summed E-state index contributed by atoms with van der Waals surface area (Å²) < 4.78 is 1.18. The third kappa shape index (κ3) is 4.40. The second kappa shape index (κ2) is 6.38. The Kier molecular flexibility index (Phi) is 5.45. The Hall–Kier alpha value is -0.120. The molecule has 0 radical (unpaired) electrons. The summed E-state index contributed by atoms with van der Waals surface area (Å²) in [5.74, 6) is 0. The molecule has 1 aromatic heterocycles. The Morgan fingerprint density at radius 1 is 1.71 bits per heavy atom. The molecule has 14 heavy (non-hydrogen) atoms. The molecule has 0 saturated heterocycles. The van der Waals surface area contributed by atoms with Gasteiger partial charge in [-0.05, 0) is 41.8 Å². The molecule has 0 saturated carbocycles. The molecule has 0 bridgehead atoms. The summed E-state index contributed by atoms with van der Waals surface area (Å²) in [6.07, 6.45) is 4.22. The molecule has 1 heterocycles. The first-order valence-electron chi connectivity index (χ1n) is 4.79. The minimum atomic E-state index is 0.564. The van der Waals surface area contributed by atoms with Gasteiger partial charge in [0, 0.05) is 27.3 Å². The highest BCUT2D eigenvalue weighted by molar-refractivity contribution is 9.10. The predicted octanol–water partition coefficient (Wildman–Crippen LogP) is 3.95. The van der Waals surface area contributed by atoms with Gasteiger partial charge < -0.3 is 5.32 Å². The third-order valence-electron chi connectivity index (χ3n) is 2.05. The van der Waals surface area contributed by atoms with E-state index in [2.05, 4.69) is 46.2 Å². The zero-order chi connectivity index (χ0) is 10.4. The van der Waals surface area contributed by atoms with Gasteiger partial charge in [-0.3, -0.25) is 0 Å². The van der Waals surface area contributed by atoms with Crippen molar-refractivity contribution in [3.63, 3.8) is 0 Å². The Bertz CT molecular complexity index is 283. The average Bonchev–Trinajstić information content (AvgIpc) is 2.58. The van der Waals surface area contributed by atoms with Crippen molar-refractivity contribution in [2.45, 2.75) is 32.4 Å². The fraction of sp³-hybridized carbons (Fsp3) is 0.455. The normalized spacial score (nSPS) is 12.7. The van der Waals surface area contributed by atoms with Crippen molar-refractivity contribution >= 4 is 27.3 Å². The molecular weight excluding hydrogens is 258 g/mol. The van der Waals surface area contributed by atoms with E-state index in [-0.39, 0.29) is 0 Å². The van der Waals surface area contributed by atoms with E-state index >= 15 is 0 Å². The third-order valence-corrected chi connectivity index (χ3v) is 3.75. The predicted molar refractivity (Wildman–Crippen MR) is 67.8 cm³/mol. The fourth-order valence-electron chi connectivity index (χ4n) is 1.19. The lowest BCUT2D eigenvalue weighted by Gasteiger charge is -2.11. The first kappa shape index (κ1) is 12.0. The van der Waals surface area contributed by atoms with Crippen LogP contribution in [0.15, 0.2) is 28.6 Å². The van der Waals surface area contributed by atoms with Crippen molar-refractivity contribution in [2.75, 3.05) is 0 Å². The summed E-state index contributed by atoms with van der Waals surface area (Å²) in [6, 6.07) is 2.73. The van der Waals surface area contributed by atoms with Crippen LogP contribution >= 0.6 is 27.3 Å². The summed E-state index contributed by atoms with van der Waals surface area (Å²) in [5, 5.41) is 5.61. The Morgan fingerprint density at radius 3 is 3.07 bits per heavy atom. The van der Waals surface area contributed by atoms with Crippen LogP contribution in [-0.2, 0) is 6.54 Å². The Morgan fingerprint density at radius 2 is 2.50 bits per heavy atom. The maximum Gasteiger partial charge on any atom is 0.0302 e. The second-order valence-electron chi connectivity index (χ2n) is 3.38. The fourth-order valence-corrected chi connectivity index (χ4v) is 2.59. The first-order valence-corrected chi connectivity index (χ1v) is 6.47. The first-order chi connectivity index (χ1) is 6.72. The lowest BCUT2D eigenvalue weighted by atomic mass is 10.2. The number of thiophene rings is 1. The molecule has 78 valence electrons. The summed E-state index contributed by atoms with van der Waals surface area (Å²) in [7, 11) is 0.